The molecule has 0 saturated heterocycles. The number of carbonyl (C=O) groups is 1. The van der Waals surface area contributed by atoms with Crippen molar-refractivity contribution in [2.45, 2.75) is 10.6 Å². The molecule has 100 valence electrons. The zero-order valence-electron chi connectivity index (χ0n) is 10.3. The first kappa shape index (κ1) is 13.3. The Bertz CT molecular complexity index is 719. The van der Waals surface area contributed by atoms with Crippen molar-refractivity contribution in [3.63, 3.8) is 0 Å². The van der Waals surface area contributed by atoms with Gasteiger partial charge in [-0.25, -0.2) is 8.42 Å². The highest BCUT2D eigenvalue weighted by Gasteiger charge is 2.22. The third kappa shape index (κ3) is 2.82. The molecule has 2 N–H and O–H groups in total. The largest absolute Gasteiger partial charge is 0.366 e. The van der Waals surface area contributed by atoms with E-state index in [1.165, 1.54) is 16.8 Å². The summed E-state index contributed by atoms with van der Waals surface area (Å²) in [5.74, 6) is -1.03. The van der Waals surface area contributed by atoms with Gasteiger partial charge in [-0.05, 0) is 18.2 Å². The maximum Gasteiger partial charge on any atom is 0.250 e. The molecular formula is C12H13N3O3S. The van der Waals surface area contributed by atoms with Crippen molar-refractivity contribution in [1.29, 1.82) is 0 Å². The van der Waals surface area contributed by atoms with Crippen LogP contribution in [-0.2, 0) is 22.6 Å². The predicted molar refractivity (Wildman–Crippen MR) is 69.1 cm³/mol. The normalized spacial score (nSPS) is 11.4. The molecule has 0 fully saturated rings. The van der Waals surface area contributed by atoms with Crippen LogP contribution in [0.4, 0.5) is 0 Å². The summed E-state index contributed by atoms with van der Waals surface area (Å²) in [5.41, 5.74) is 5.60. The minimum atomic E-state index is -3.65. The number of sulfone groups is 1. The molecule has 0 aliphatic rings. The fourth-order valence-electron chi connectivity index (χ4n) is 1.75. The van der Waals surface area contributed by atoms with Crippen LogP contribution in [0.15, 0.2) is 41.4 Å². The average molecular weight is 279 g/mol. The number of amides is 1. The van der Waals surface area contributed by atoms with E-state index in [-0.39, 0.29) is 16.2 Å². The van der Waals surface area contributed by atoms with E-state index in [1.54, 1.807) is 31.4 Å². The summed E-state index contributed by atoms with van der Waals surface area (Å²) in [6, 6.07) is 7.51. The van der Waals surface area contributed by atoms with E-state index in [9.17, 15) is 13.2 Å². The minimum Gasteiger partial charge on any atom is -0.366 e. The lowest BCUT2D eigenvalue weighted by molar-refractivity contribution is 0.0997. The third-order valence-electron chi connectivity index (χ3n) is 2.59. The number of benzene rings is 1. The fourth-order valence-corrected chi connectivity index (χ4v) is 3.24. The second-order valence-electron chi connectivity index (χ2n) is 4.10. The molecule has 1 aromatic carbocycles. The van der Waals surface area contributed by atoms with E-state index < -0.39 is 15.7 Å². The van der Waals surface area contributed by atoms with Gasteiger partial charge in [0, 0.05) is 13.2 Å². The summed E-state index contributed by atoms with van der Waals surface area (Å²) < 4.78 is 26.1. The van der Waals surface area contributed by atoms with Crippen LogP contribution < -0.4 is 5.73 Å². The zero-order valence-corrected chi connectivity index (χ0v) is 11.1. The zero-order chi connectivity index (χ0) is 14.0. The molecule has 0 spiro atoms. The van der Waals surface area contributed by atoms with Gasteiger partial charge in [0.25, 0.3) is 0 Å². The van der Waals surface area contributed by atoms with E-state index >= 15 is 0 Å². The van der Waals surface area contributed by atoms with Crippen LogP contribution in [0.5, 0.6) is 0 Å². The summed E-state index contributed by atoms with van der Waals surface area (Å²) >= 11 is 0. The van der Waals surface area contributed by atoms with E-state index in [2.05, 4.69) is 5.10 Å². The number of hydrogen-bond donors (Lipinski definition) is 1. The van der Waals surface area contributed by atoms with Crippen LogP contribution in [0, 0.1) is 0 Å². The van der Waals surface area contributed by atoms with Crippen molar-refractivity contribution >= 4 is 15.7 Å². The Morgan fingerprint density at radius 2 is 2.00 bits per heavy atom. The molecule has 2 aromatic rings. The van der Waals surface area contributed by atoms with E-state index in [1.807, 2.05) is 0 Å². The quantitative estimate of drug-likeness (QED) is 0.881. The Morgan fingerprint density at radius 1 is 1.32 bits per heavy atom. The molecule has 0 aliphatic heterocycles. The number of nitrogens with zero attached hydrogens (tertiary/aromatic N) is 2. The average Bonchev–Trinajstić information content (AvgIpc) is 2.74. The van der Waals surface area contributed by atoms with Gasteiger partial charge in [-0.3, -0.25) is 9.48 Å². The number of aromatic nitrogens is 2. The summed E-state index contributed by atoms with van der Waals surface area (Å²) in [7, 11) is -1.95. The second-order valence-corrected chi connectivity index (χ2v) is 6.06. The number of nitrogens with two attached hydrogens (primary N) is 1. The van der Waals surface area contributed by atoms with Crippen molar-refractivity contribution < 1.29 is 13.2 Å². The Labute approximate surface area is 110 Å². The first-order valence-electron chi connectivity index (χ1n) is 5.50. The molecule has 0 atom stereocenters. The van der Waals surface area contributed by atoms with E-state index in [4.69, 9.17) is 5.73 Å². The summed E-state index contributed by atoms with van der Waals surface area (Å²) in [6.07, 6.45) is 1.66. The summed E-state index contributed by atoms with van der Waals surface area (Å²) in [5, 5.41) is 4.02. The molecule has 0 unspecified atom stereocenters. The SMILES string of the molecule is Cn1ccc(CS(=O)(=O)c2ccccc2C(N)=O)n1. The van der Waals surface area contributed by atoms with E-state index in [0.717, 1.165) is 0 Å². The number of rotatable bonds is 4. The topological polar surface area (TPSA) is 95.0 Å². The van der Waals surface area contributed by atoms with Crippen LogP contribution in [0.2, 0.25) is 0 Å². The molecule has 1 amide bonds. The molecule has 6 nitrogen and oxygen atoms in total. The Hall–Kier alpha value is -2.15. The van der Waals surface area contributed by atoms with Crippen molar-refractivity contribution in [2.75, 3.05) is 0 Å². The monoisotopic (exact) mass is 279 g/mol. The van der Waals surface area contributed by atoms with Crippen molar-refractivity contribution in [3.8, 4) is 0 Å². The molecule has 0 bridgehead atoms. The predicted octanol–water partition coefficient (Wildman–Crippen LogP) is 0.493. The highest BCUT2D eigenvalue weighted by atomic mass is 32.2. The van der Waals surface area contributed by atoms with Gasteiger partial charge in [-0.1, -0.05) is 12.1 Å². The number of primary amides is 1. The van der Waals surface area contributed by atoms with Crippen LogP contribution in [0.3, 0.4) is 0 Å². The standard InChI is InChI=1S/C12H13N3O3S/c1-15-7-6-9(14-15)8-19(17,18)11-5-3-2-4-10(11)12(13)16/h2-7H,8H2,1H3,(H2,13,16). The minimum absolute atomic E-state index is 0.00145. The van der Waals surface area contributed by atoms with Crippen molar-refractivity contribution in [2.24, 2.45) is 12.8 Å². The summed E-state index contributed by atoms with van der Waals surface area (Å²) in [4.78, 5) is 11.2. The molecular weight excluding hydrogens is 266 g/mol. The molecule has 1 aromatic heterocycles. The van der Waals surface area contributed by atoms with Gasteiger partial charge in [0.05, 0.1) is 21.9 Å². The number of carbonyl (C=O) groups excluding carboxylic acids is 1. The lowest BCUT2D eigenvalue weighted by atomic mass is 10.2. The van der Waals surface area contributed by atoms with Gasteiger partial charge in [0.15, 0.2) is 9.84 Å². The van der Waals surface area contributed by atoms with Crippen molar-refractivity contribution in [1.82, 2.24) is 9.78 Å². The van der Waals surface area contributed by atoms with Crippen molar-refractivity contribution in [3.05, 3.63) is 47.8 Å². The maximum atomic E-state index is 12.3. The lowest BCUT2D eigenvalue weighted by Gasteiger charge is -2.06. The Kier molecular flexibility index (Phi) is 3.39. The van der Waals surface area contributed by atoms with Gasteiger partial charge in [-0.15, -0.1) is 0 Å². The number of hydrogen-bond acceptors (Lipinski definition) is 4. The third-order valence-corrected chi connectivity index (χ3v) is 4.30. The van der Waals surface area contributed by atoms with Crippen LogP contribution in [-0.4, -0.2) is 24.1 Å². The second kappa shape index (κ2) is 4.85. The first-order chi connectivity index (χ1) is 8.90. The molecule has 7 heteroatoms. The van der Waals surface area contributed by atoms with Gasteiger partial charge in [0.2, 0.25) is 5.91 Å². The molecule has 19 heavy (non-hydrogen) atoms. The first-order valence-corrected chi connectivity index (χ1v) is 7.15. The Balaban J connectivity index is 2.43. The highest BCUT2D eigenvalue weighted by Crippen LogP contribution is 2.19. The number of aryl methyl sites for hydroxylation is 1. The van der Waals surface area contributed by atoms with Gasteiger partial charge in [-0.2, -0.15) is 5.10 Å². The van der Waals surface area contributed by atoms with Gasteiger partial charge in [0.1, 0.15) is 0 Å². The Morgan fingerprint density at radius 3 is 2.58 bits per heavy atom. The fraction of sp³-hybridized carbons (Fsp3) is 0.167. The lowest BCUT2D eigenvalue weighted by Crippen LogP contribution is -2.17. The highest BCUT2D eigenvalue weighted by molar-refractivity contribution is 7.90. The van der Waals surface area contributed by atoms with Gasteiger partial charge >= 0.3 is 0 Å². The van der Waals surface area contributed by atoms with Crippen LogP contribution in [0.1, 0.15) is 16.1 Å². The molecule has 1 heterocycles. The molecule has 2 rings (SSSR count). The smallest absolute Gasteiger partial charge is 0.250 e. The maximum absolute atomic E-state index is 12.3. The molecule has 0 radical (unpaired) electrons. The van der Waals surface area contributed by atoms with Crippen LogP contribution in [0.25, 0.3) is 0 Å². The van der Waals surface area contributed by atoms with Gasteiger partial charge < -0.3 is 5.73 Å². The summed E-state index contributed by atoms with van der Waals surface area (Å²) in [6.45, 7) is 0. The van der Waals surface area contributed by atoms with E-state index in [0.29, 0.717) is 5.69 Å². The van der Waals surface area contributed by atoms with Crippen LogP contribution >= 0.6 is 0 Å². The molecule has 0 saturated carbocycles. The molecule has 0 aliphatic carbocycles.